The first-order valence-corrected chi connectivity index (χ1v) is 10.8. The first-order chi connectivity index (χ1) is 16.3. The van der Waals surface area contributed by atoms with Gasteiger partial charge in [0.1, 0.15) is 34.7 Å². The quantitative estimate of drug-likeness (QED) is 0.356. The third-order valence-corrected chi connectivity index (χ3v) is 5.81. The Morgan fingerprint density at radius 3 is 2.41 bits per heavy atom. The Morgan fingerprint density at radius 2 is 1.76 bits per heavy atom. The van der Waals surface area contributed by atoms with E-state index in [1.807, 2.05) is 0 Å². The van der Waals surface area contributed by atoms with Gasteiger partial charge in [-0.1, -0.05) is 35.3 Å². The summed E-state index contributed by atoms with van der Waals surface area (Å²) < 4.78 is 29.6. The van der Waals surface area contributed by atoms with E-state index in [1.54, 1.807) is 30.3 Å². The molecular weight excluding hydrogens is 482 g/mol. The summed E-state index contributed by atoms with van der Waals surface area (Å²) in [5.74, 6) is -1.08. The van der Waals surface area contributed by atoms with E-state index >= 15 is 0 Å². The van der Waals surface area contributed by atoms with Crippen molar-refractivity contribution < 1.29 is 23.4 Å². The van der Waals surface area contributed by atoms with Crippen LogP contribution in [0.2, 0.25) is 10.0 Å². The summed E-state index contributed by atoms with van der Waals surface area (Å²) in [6.07, 6.45) is -0.966. The number of ether oxygens (including phenoxy) is 3. The van der Waals surface area contributed by atoms with Gasteiger partial charge in [-0.3, -0.25) is 0 Å². The zero-order chi connectivity index (χ0) is 24.4. The van der Waals surface area contributed by atoms with Crippen LogP contribution in [0, 0.1) is 17.1 Å². The van der Waals surface area contributed by atoms with Crippen molar-refractivity contribution in [1.29, 1.82) is 5.26 Å². The van der Waals surface area contributed by atoms with Gasteiger partial charge in [-0.15, -0.1) is 0 Å². The number of nitrogens with zero attached hydrogens (tertiary/aromatic N) is 1. The van der Waals surface area contributed by atoms with E-state index in [-0.39, 0.29) is 23.0 Å². The fourth-order valence-corrected chi connectivity index (χ4v) is 4.16. The largest absolute Gasteiger partial charge is 0.479 e. The third kappa shape index (κ3) is 4.65. The second-order valence-electron chi connectivity index (χ2n) is 7.39. The molecule has 6 nitrogen and oxygen atoms in total. The van der Waals surface area contributed by atoms with E-state index in [0.29, 0.717) is 26.9 Å². The number of halogens is 3. The van der Waals surface area contributed by atoms with E-state index in [9.17, 15) is 14.4 Å². The number of carbonyl (C=O) groups excluding carboxylic acids is 1. The van der Waals surface area contributed by atoms with Gasteiger partial charge >= 0.3 is 5.97 Å². The molecule has 4 rings (SSSR count). The molecule has 1 aliphatic rings. The highest BCUT2D eigenvalue weighted by molar-refractivity contribution is 6.36. The number of nitrogens with two attached hydrogens (primary N) is 1. The lowest BCUT2D eigenvalue weighted by atomic mass is 9.83. The lowest BCUT2D eigenvalue weighted by molar-refractivity contribution is -0.141. The SMILES string of the molecule is CC(Oc1ccc(F)cc1)C(=O)Oc1ccc2c(c1)OC(N)=C(C#N)C2c1c(Cl)cccc1Cl. The minimum atomic E-state index is -0.966. The molecule has 3 aromatic rings. The number of nitriles is 1. The first-order valence-electron chi connectivity index (χ1n) is 10.1. The molecule has 0 bridgehead atoms. The summed E-state index contributed by atoms with van der Waals surface area (Å²) in [4.78, 5) is 12.5. The van der Waals surface area contributed by atoms with Gasteiger partial charge in [-0.25, -0.2) is 9.18 Å². The van der Waals surface area contributed by atoms with Crippen molar-refractivity contribution in [2.75, 3.05) is 0 Å². The molecule has 0 saturated heterocycles. The van der Waals surface area contributed by atoms with Crippen molar-refractivity contribution in [3.8, 4) is 23.3 Å². The summed E-state index contributed by atoms with van der Waals surface area (Å²) in [6.45, 7) is 1.51. The number of fused-ring (bicyclic) bond motifs is 1. The predicted molar refractivity (Wildman–Crippen MR) is 124 cm³/mol. The van der Waals surface area contributed by atoms with Gasteiger partial charge in [0.05, 0.1) is 5.92 Å². The summed E-state index contributed by atoms with van der Waals surface area (Å²) in [5.41, 5.74) is 7.28. The lowest BCUT2D eigenvalue weighted by Gasteiger charge is -2.28. The molecule has 0 radical (unpaired) electrons. The second-order valence-corrected chi connectivity index (χ2v) is 8.21. The highest BCUT2D eigenvalue weighted by atomic mass is 35.5. The molecule has 172 valence electrons. The van der Waals surface area contributed by atoms with Crippen molar-refractivity contribution in [3.05, 3.63) is 99.1 Å². The predicted octanol–water partition coefficient (Wildman–Crippen LogP) is 5.72. The molecular formula is C25H17Cl2FN2O4. The molecule has 3 aromatic carbocycles. The molecule has 0 amide bonds. The zero-order valence-electron chi connectivity index (χ0n) is 17.7. The van der Waals surface area contributed by atoms with Crippen molar-refractivity contribution in [3.63, 3.8) is 0 Å². The number of esters is 1. The molecule has 2 N–H and O–H groups in total. The Kier molecular flexibility index (Phi) is 6.64. The summed E-state index contributed by atoms with van der Waals surface area (Å²) in [7, 11) is 0. The topological polar surface area (TPSA) is 94.6 Å². The molecule has 0 saturated carbocycles. The Labute approximate surface area is 204 Å². The monoisotopic (exact) mass is 498 g/mol. The summed E-state index contributed by atoms with van der Waals surface area (Å²) >= 11 is 12.8. The van der Waals surface area contributed by atoms with Crippen LogP contribution in [0.5, 0.6) is 17.2 Å². The van der Waals surface area contributed by atoms with Crippen molar-refractivity contribution in [1.82, 2.24) is 0 Å². The molecule has 1 aliphatic heterocycles. The Morgan fingerprint density at radius 1 is 1.12 bits per heavy atom. The standard InChI is InChI=1S/C25H17Cl2FN2O4/c1-13(32-15-7-5-14(28)6-8-15)25(31)33-16-9-10-17-21(11-16)34-24(30)18(12-29)22(17)23-19(26)3-2-4-20(23)27/h2-11,13,22H,30H2,1H3. The third-order valence-electron chi connectivity index (χ3n) is 5.16. The molecule has 2 unspecified atom stereocenters. The molecule has 0 fully saturated rings. The van der Waals surface area contributed by atoms with Crippen LogP contribution < -0.4 is 19.9 Å². The molecule has 0 spiro atoms. The van der Waals surface area contributed by atoms with Gasteiger partial charge in [0.2, 0.25) is 5.88 Å². The Balaban J connectivity index is 1.61. The number of hydrogen-bond donors (Lipinski definition) is 1. The van der Waals surface area contributed by atoms with E-state index in [1.165, 1.54) is 37.3 Å². The molecule has 9 heteroatoms. The minimum Gasteiger partial charge on any atom is -0.479 e. The molecule has 34 heavy (non-hydrogen) atoms. The molecule has 0 aromatic heterocycles. The maximum Gasteiger partial charge on any atom is 0.352 e. The molecule has 2 atom stereocenters. The normalized spacial score (nSPS) is 15.6. The van der Waals surface area contributed by atoms with E-state index in [0.717, 1.165) is 0 Å². The van der Waals surface area contributed by atoms with Crippen LogP contribution in [0.1, 0.15) is 24.0 Å². The Hall–Kier alpha value is -3.73. The van der Waals surface area contributed by atoms with Gasteiger partial charge in [0, 0.05) is 27.2 Å². The summed E-state index contributed by atoms with van der Waals surface area (Å²) in [5, 5.41) is 10.5. The van der Waals surface area contributed by atoms with Gasteiger partial charge in [0.25, 0.3) is 0 Å². The van der Waals surface area contributed by atoms with Crippen LogP contribution in [-0.4, -0.2) is 12.1 Å². The maximum absolute atomic E-state index is 13.1. The average Bonchev–Trinajstić information content (AvgIpc) is 2.80. The lowest BCUT2D eigenvalue weighted by Crippen LogP contribution is -2.28. The second kappa shape index (κ2) is 9.64. The van der Waals surface area contributed by atoms with Crippen LogP contribution in [-0.2, 0) is 4.79 Å². The van der Waals surface area contributed by atoms with Gasteiger partial charge in [-0.05, 0) is 49.4 Å². The van der Waals surface area contributed by atoms with Gasteiger partial charge < -0.3 is 19.9 Å². The number of allylic oxidation sites excluding steroid dienone is 1. The van der Waals surface area contributed by atoms with E-state index < -0.39 is 23.8 Å². The fourth-order valence-electron chi connectivity index (χ4n) is 3.55. The maximum atomic E-state index is 13.1. The van der Waals surface area contributed by atoms with Crippen molar-refractivity contribution in [2.45, 2.75) is 18.9 Å². The Bertz CT molecular complexity index is 1320. The van der Waals surface area contributed by atoms with Crippen LogP contribution >= 0.6 is 23.2 Å². The molecule has 0 aliphatic carbocycles. The average molecular weight is 499 g/mol. The van der Waals surface area contributed by atoms with Gasteiger partial charge in [-0.2, -0.15) is 5.26 Å². The van der Waals surface area contributed by atoms with E-state index in [4.69, 9.17) is 43.1 Å². The smallest absolute Gasteiger partial charge is 0.352 e. The minimum absolute atomic E-state index is 0.104. The zero-order valence-corrected chi connectivity index (χ0v) is 19.2. The summed E-state index contributed by atoms with van der Waals surface area (Å²) in [6, 6.07) is 17.1. The number of carbonyl (C=O) groups is 1. The van der Waals surface area contributed by atoms with E-state index in [2.05, 4.69) is 6.07 Å². The fraction of sp³-hybridized carbons (Fsp3) is 0.120. The van der Waals surface area contributed by atoms with Crippen LogP contribution in [0.3, 0.4) is 0 Å². The first kappa shape index (κ1) is 23.4. The van der Waals surface area contributed by atoms with Gasteiger partial charge in [0.15, 0.2) is 6.10 Å². The number of hydrogen-bond acceptors (Lipinski definition) is 6. The highest BCUT2D eigenvalue weighted by Gasteiger charge is 2.34. The van der Waals surface area contributed by atoms with Crippen molar-refractivity contribution >= 4 is 29.2 Å². The number of rotatable bonds is 5. The van der Waals surface area contributed by atoms with Crippen LogP contribution in [0.4, 0.5) is 4.39 Å². The van der Waals surface area contributed by atoms with Crippen LogP contribution in [0.25, 0.3) is 0 Å². The highest BCUT2D eigenvalue weighted by Crippen LogP contribution is 2.47. The van der Waals surface area contributed by atoms with Crippen LogP contribution in [0.15, 0.2) is 72.1 Å². The van der Waals surface area contributed by atoms with Crippen molar-refractivity contribution in [2.24, 2.45) is 5.73 Å². The molecule has 1 heterocycles. The number of benzene rings is 3.